The molecule has 2 aromatic rings. The summed E-state index contributed by atoms with van der Waals surface area (Å²) in [6, 6.07) is 10.6. The van der Waals surface area contributed by atoms with E-state index in [0.717, 1.165) is 63.9 Å². The highest BCUT2D eigenvalue weighted by Gasteiger charge is 2.17. The Bertz CT molecular complexity index is 755. The second kappa shape index (κ2) is 11.2. The molecular formula is C23H32N4OS. The quantitative estimate of drug-likeness (QED) is 0.666. The van der Waals surface area contributed by atoms with Crippen LogP contribution >= 0.6 is 12.2 Å². The van der Waals surface area contributed by atoms with Crippen LogP contribution in [0.2, 0.25) is 0 Å². The highest BCUT2D eigenvalue weighted by atomic mass is 32.1. The van der Waals surface area contributed by atoms with Gasteiger partial charge in [-0.2, -0.15) is 0 Å². The van der Waals surface area contributed by atoms with E-state index in [-0.39, 0.29) is 0 Å². The van der Waals surface area contributed by atoms with Crippen LogP contribution in [0.25, 0.3) is 0 Å². The molecule has 0 aliphatic carbocycles. The molecule has 1 saturated heterocycles. The summed E-state index contributed by atoms with van der Waals surface area (Å²) in [7, 11) is 0. The number of morpholine rings is 1. The Morgan fingerprint density at radius 3 is 2.38 bits per heavy atom. The van der Waals surface area contributed by atoms with Crippen LogP contribution in [0.1, 0.15) is 30.5 Å². The Morgan fingerprint density at radius 2 is 1.76 bits per heavy atom. The number of nitrogens with zero attached hydrogens (tertiary/aromatic N) is 3. The van der Waals surface area contributed by atoms with Crippen molar-refractivity contribution in [1.29, 1.82) is 0 Å². The van der Waals surface area contributed by atoms with E-state index in [4.69, 9.17) is 17.0 Å². The molecule has 156 valence electrons. The fourth-order valence-corrected chi connectivity index (χ4v) is 3.89. The maximum absolute atomic E-state index is 5.89. The second-order valence-electron chi connectivity index (χ2n) is 7.32. The number of aryl methyl sites for hydroxylation is 2. The monoisotopic (exact) mass is 412 g/mol. The van der Waals surface area contributed by atoms with Gasteiger partial charge >= 0.3 is 0 Å². The van der Waals surface area contributed by atoms with Gasteiger partial charge in [-0.05, 0) is 53.9 Å². The fourth-order valence-electron chi connectivity index (χ4n) is 3.64. The molecule has 6 heteroatoms. The summed E-state index contributed by atoms with van der Waals surface area (Å²) in [6.07, 6.45) is 5.65. The van der Waals surface area contributed by atoms with Crippen LogP contribution in [0.5, 0.6) is 0 Å². The Kier molecular flexibility index (Phi) is 8.40. The molecule has 0 radical (unpaired) electrons. The molecule has 1 aliphatic heterocycles. The van der Waals surface area contributed by atoms with E-state index in [9.17, 15) is 0 Å². The smallest absolute Gasteiger partial charge is 0.173 e. The third kappa shape index (κ3) is 6.23. The number of ether oxygens (including phenoxy) is 1. The summed E-state index contributed by atoms with van der Waals surface area (Å²) in [4.78, 5) is 8.86. The Morgan fingerprint density at radius 1 is 1.10 bits per heavy atom. The minimum Gasteiger partial charge on any atom is -0.379 e. The van der Waals surface area contributed by atoms with E-state index in [1.165, 1.54) is 22.4 Å². The second-order valence-corrected chi connectivity index (χ2v) is 7.71. The lowest BCUT2D eigenvalue weighted by Gasteiger charge is -2.32. The number of pyridine rings is 1. The molecule has 0 unspecified atom stereocenters. The first-order chi connectivity index (χ1) is 14.2. The number of nitrogens with one attached hydrogen (secondary N) is 1. The number of thiocarbonyl (C=S) groups is 1. The van der Waals surface area contributed by atoms with Gasteiger partial charge in [0.05, 0.1) is 13.2 Å². The van der Waals surface area contributed by atoms with Gasteiger partial charge in [0.1, 0.15) is 0 Å². The van der Waals surface area contributed by atoms with Gasteiger partial charge in [0.25, 0.3) is 0 Å². The lowest BCUT2D eigenvalue weighted by Crippen LogP contribution is -2.44. The zero-order valence-electron chi connectivity index (χ0n) is 17.6. The number of para-hydroxylation sites is 1. The van der Waals surface area contributed by atoms with E-state index in [1.807, 2.05) is 12.4 Å². The normalized spacial score (nSPS) is 14.6. The Balaban J connectivity index is 1.74. The van der Waals surface area contributed by atoms with Gasteiger partial charge in [-0.1, -0.05) is 32.0 Å². The van der Waals surface area contributed by atoms with E-state index >= 15 is 0 Å². The summed E-state index contributed by atoms with van der Waals surface area (Å²) in [6.45, 7) is 10.6. The first-order valence-corrected chi connectivity index (χ1v) is 11.0. The van der Waals surface area contributed by atoms with Crippen LogP contribution in [0.4, 0.5) is 5.69 Å². The summed E-state index contributed by atoms with van der Waals surface area (Å²) >= 11 is 5.89. The van der Waals surface area contributed by atoms with E-state index in [2.05, 4.69) is 64.3 Å². The molecule has 1 aromatic carbocycles. The zero-order chi connectivity index (χ0) is 20.5. The molecule has 2 heterocycles. The number of hydrogen-bond acceptors (Lipinski definition) is 4. The molecule has 1 aromatic heterocycles. The average Bonchev–Trinajstić information content (AvgIpc) is 2.78. The molecule has 0 saturated carbocycles. The molecule has 29 heavy (non-hydrogen) atoms. The fraction of sp³-hybridized carbons (Fsp3) is 0.478. The van der Waals surface area contributed by atoms with Crippen LogP contribution in [-0.4, -0.2) is 59.3 Å². The van der Waals surface area contributed by atoms with Crippen molar-refractivity contribution < 1.29 is 4.74 Å². The standard InChI is InChI=1S/C23H32N4OS/c1-3-20-6-5-7-21(4-2)22(20)25-23(29)27(18-19-8-10-24-11-9-19)13-12-26-14-16-28-17-15-26/h5-11H,3-4,12-18H2,1-2H3,(H,25,29). The van der Waals surface area contributed by atoms with Crippen molar-refractivity contribution in [3.05, 3.63) is 59.4 Å². The maximum atomic E-state index is 5.89. The van der Waals surface area contributed by atoms with Crippen molar-refractivity contribution >= 4 is 23.0 Å². The van der Waals surface area contributed by atoms with Gasteiger partial charge < -0.3 is 15.0 Å². The molecule has 1 aliphatic rings. The SMILES string of the molecule is CCc1cccc(CC)c1NC(=S)N(CCN1CCOCC1)Cc1ccncc1. The van der Waals surface area contributed by atoms with Gasteiger partial charge in [0, 0.05) is 50.8 Å². The zero-order valence-corrected chi connectivity index (χ0v) is 18.4. The number of hydrogen-bond donors (Lipinski definition) is 1. The minimum atomic E-state index is 0.772. The maximum Gasteiger partial charge on any atom is 0.173 e. The van der Waals surface area contributed by atoms with Crippen molar-refractivity contribution in [2.45, 2.75) is 33.2 Å². The predicted octanol–water partition coefficient (Wildman–Crippen LogP) is 3.74. The Labute approximate surface area is 180 Å². The topological polar surface area (TPSA) is 40.6 Å². The lowest BCUT2D eigenvalue weighted by atomic mass is 10.0. The first-order valence-electron chi connectivity index (χ1n) is 10.6. The van der Waals surface area contributed by atoms with E-state index in [1.54, 1.807) is 0 Å². The summed E-state index contributed by atoms with van der Waals surface area (Å²) in [5, 5.41) is 4.37. The highest BCUT2D eigenvalue weighted by Crippen LogP contribution is 2.23. The van der Waals surface area contributed by atoms with Crippen molar-refractivity contribution in [3.63, 3.8) is 0 Å². The molecule has 0 bridgehead atoms. The largest absolute Gasteiger partial charge is 0.379 e. The van der Waals surface area contributed by atoms with Gasteiger partial charge in [-0.15, -0.1) is 0 Å². The molecule has 0 atom stereocenters. The van der Waals surface area contributed by atoms with E-state index in [0.29, 0.717) is 0 Å². The molecule has 5 nitrogen and oxygen atoms in total. The summed E-state index contributed by atoms with van der Waals surface area (Å²) < 4.78 is 5.48. The lowest BCUT2D eigenvalue weighted by molar-refractivity contribution is 0.0358. The van der Waals surface area contributed by atoms with Crippen LogP contribution < -0.4 is 5.32 Å². The third-order valence-electron chi connectivity index (χ3n) is 5.43. The van der Waals surface area contributed by atoms with Crippen molar-refractivity contribution in [1.82, 2.24) is 14.8 Å². The van der Waals surface area contributed by atoms with Gasteiger partial charge in [0.15, 0.2) is 5.11 Å². The van der Waals surface area contributed by atoms with E-state index < -0.39 is 0 Å². The van der Waals surface area contributed by atoms with Crippen molar-refractivity contribution in [2.24, 2.45) is 0 Å². The summed E-state index contributed by atoms with van der Waals surface area (Å²) in [5.74, 6) is 0. The molecule has 1 fully saturated rings. The van der Waals surface area contributed by atoms with Crippen LogP contribution in [0.3, 0.4) is 0 Å². The van der Waals surface area contributed by atoms with Gasteiger partial charge in [-0.25, -0.2) is 0 Å². The number of aromatic nitrogens is 1. The third-order valence-corrected chi connectivity index (χ3v) is 5.79. The number of rotatable bonds is 8. The molecular weight excluding hydrogens is 380 g/mol. The average molecular weight is 413 g/mol. The molecule has 0 amide bonds. The molecule has 3 rings (SSSR count). The molecule has 0 spiro atoms. The van der Waals surface area contributed by atoms with Crippen molar-refractivity contribution in [2.75, 3.05) is 44.7 Å². The number of benzene rings is 1. The van der Waals surface area contributed by atoms with Crippen molar-refractivity contribution in [3.8, 4) is 0 Å². The van der Waals surface area contributed by atoms with Crippen LogP contribution in [0, 0.1) is 0 Å². The Hall–Kier alpha value is -2.02. The highest BCUT2D eigenvalue weighted by molar-refractivity contribution is 7.80. The van der Waals surface area contributed by atoms with Gasteiger partial charge in [-0.3, -0.25) is 9.88 Å². The predicted molar refractivity (Wildman–Crippen MR) is 123 cm³/mol. The minimum absolute atomic E-state index is 0.772. The summed E-state index contributed by atoms with van der Waals surface area (Å²) in [5.41, 5.74) is 5.01. The van der Waals surface area contributed by atoms with Crippen LogP contribution in [0.15, 0.2) is 42.7 Å². The van der Waals surface area contributed by atoms with Gasteiger partial charge in [0.2, 0.25) is 0 Å². The molecule has 1 N–H and O–H groups in total. The first kappa shape index (κ1) is 21.7. The number of anilines is 1. The van der Waals surface area contributed by atoms with Crippen LogP contribution in [-0.2, 0) is 24.1 Å².